The number of aryl methyl sites for hydroxylation is 1. The topological polar surface area (TPSA) is 18.5 Å². The number of rotatable bonds is 11. The molecule has 0 aromatic heterocycles. The van der Waals surface area contributed by atoms with Crippen LogP contribution in [0.2, 0.25) is 0 Å². The summed E-state index contributed by atoms with van der Waals surface area (Å²) in [5.74, 6) is -0.256. The summed E-state index contributed by atoms with van der Waals surface area (Å²) in [7, 11) is 0. The molecule has 0 spiro atoms. The number of benzene rings is 2. The summed E-state index contributed by atoms with van der Waals surface area (Å²) in [5, 5.41) is 0. The lowest BCUT2D eigenvalue weighted by Gasteiger charge is -2.30. The first-order valence-electron chi connectivity index (χ1n) is 14.1. The second-order valence-corrected chi connectivity index (χ2v) is 10.7. The Morgan fingerprint density at radius 1 is 0.865 bits per heavy atom. The molecule has 5 heteroatoms. The Morgan fingerprint density at radius 2 is 1.54 bits per heavy atom. The summed E-state index contributed by atoms with van der Waals surface area (Å²) in [6, 6.07) is 8.79. The third-order valence-corrected chi connectivity index (χ3v) is 8.38. The van der Waals surface area contributed by atoms with Gasteiger partial charge in [-0.1, -0.05) is 24.3 Å². The first-order valence-corrected chi connectivity index (χ1v) is 14.1. The van der Waals surface area contributed by atoms with Crippen LogP contribution in [0.25, 0.3) is 0 Å². The highest BCUT2D eigenvalue weighted by Gasteiger charge is 2.28. The average molecular weight is 515 g/mol. The fourth-order valence-electron chi connectivity index (χ4n) is 6.20. The zero-order valence-corrected chi connectivity index (χ0v) is 22.1. The molecule has 0 saturated heterocycles. The van der Waals surface area contributed by atoms with Gasteiger partial charge in [-0.15, -0.1) is 6.58 Å². The van der Waals surface area contributed by atoms with E-state index in [2.05, 4.69) is 6.58 Å². The van der Waals surface area contributed by atoms with Crippen LogP contribution in [0, 0.1) is 23.4 Å². The van der Waals surface area contributed by atoms with Gasteiger partial charge in [-0.05, 0) is 118 Å². The second kappa shape index (κ2) is 13.5. The van der Waals surface area contributed by atoms with Gasteiger partial charge in [0.25, 0.3) is 0 Å². The molecule has 0 radical (unpaired) electrons. The van der Waals surface area contributed by atoms with Gasteiger partial charge in [0.2, 0.25) is 0 Å². The van der Waals surface area contributed by atoms with Crippen LogP contribution in [0.5, 0.6) is 5.75 Å². The van der Waals surface area contributed by atoms with Crippen molar-refractivity contribution in [1.82, 2.24) is 0 Å². The van der Waals surface area contributed by atoms with Crippen molar-refractivity contribution in [2.45, 2.75) is 95.5 Å². The van der Waals surface area contributed by atoms with Crippen LogP contribution in [0.1, 0.15) is 99.7 Å². The Labute approximate surface area is 220 Å². The summed E-state index contributed by atoms with van der Waals surface area (Å²) in [6.45, 7) is 6.85. The average Bonchev–Trinajstić information content (AvgIpc) is 2.91. The van der Waals surface area contributed by atoms with Crippen molar-refractivity contribution in [3.8, 4) is 5.75 Å². The lowest BCUT2D eigenvalue weighted by molar-refractivity contribution is 0.0325. The molecule has 0 aliphatic heterocycles. The van der Waals surface area contributed by atoms with E-state index in [-0.39, 0.29) is 23.8 Å². The molecule has 202 valence electrons. The van der Waals surface area contributed by atoms with E-state index in [0.29, 0.717) is 42.4 Å². The van der Waals surface area contributed by atoms with Crippen LogP contribution in [-0.2, 0) is 11.2 Å². The molecule has 2 aromatic carbocycles. The van der Waals surface area contributed by atoms with Crippen molar-refractivity contribution in [3.05, 3.63) is 77.1 Å². The van der Waals surface area contributed by atoms with Crippen LogP contribution in [-0.4, -0.2) is 19.3 Å². The monoisotopic (exact) mass is 514 g/mol. The van der Waals surface area contributed by atoms with Crippen LogP contribution >= 0.6 is 0 Å². The molecule has 0 amide bonds. The number of ether oxygens (including phenoxy) is 2. The van der Waals surface area contributed by atoms with E-state index in [1.165, 1.54) is 6.07 Å². The van der Waals surface area contributed by atoms with Crippen LogP contribution in [0.4, 0.5) is 13.2 Å². The molecular formula is C32H41F3O2. The molecular weight excluding hydrogens is 473 g/mol. The lowest BCUT2D eigenvalue weighted by Crippen LogP contribution is -2.21. The quantitative estimate of drug-likeness (QED) is 0.220. The minimum absolute atomic E-state index is 0.0729. The minimum atomic E-state index is -0.671. The van der Waals surface area contributed by atoms with E-state index in [1.54, 1.807) is 12.1 Å². The molecule has 0 atom stereocenters. The molecule has 2 aliphatic carbocycles. The van der Waals surface area contributed by atoms with Crippen molar-refractivity contribution >= 4 is 0 Å². The van der Waals surface area contributed by atoms with Gasteiger partial charge < -0.3 is 9.47 Å². The molecule has 0 unspecified atom stereocenters. The second-order valence-electron chi connectivity index (χ2n) is 10.7. The molecule has 2 aromatic rings. The van der Waals surface area contributed by atoms with Crippen molar-refractivity contribution in [2.75, 3.05) is 13.2 Å². The van der Waals surface area contributed by atoms with Crippen LogP contribution in [0.15, 0.2) is 43.0 Å². The summed E-state index contributed by atoms with van der Waals surface area (Å²) in [5.41, 5.74) is 1.76. The van der Waals surface area contributed by atoms with E-state index in [4.69, 9.17) is 9.47 Å². The standard InChI is InChI=1S/C32H41F3O2/c1-3-5-20-37-27-17-19-28(30(33)21-27)23-9-6-22(7-10-23)8-11-25-14-18-29(32(35)31(25)34)24-12-15-26(16-13-24)36-4-2/h3,14,17-19,21-24,26H,1,4-13,15-16,20H2,2H3. The fraction of sp³-hybridized carbons (Fsp3) is 0.562. The molecule has 0 heterocycles. The summed E-state index contributed by atoms with van der Waals surface area (Å²) < 4.78 is 55.9. The summed E-state index contributed by atoms with van der Waals surface area (Å²) in [4.78, 5) is 0. The molecule has 0 bridgehead atoms. The Morgan fingerprint density at radius 3 is 2.22 bits per heavy atom. The predicted molar refractivity (Wildman–Crippen MR) is 143 cm³/mol. The van der Waals surface area contributed by atoms with E-state index in [9.17, 15) is 13.2 Å². The lowest BCUT2D eigenvalue weighted by atomic mass is 9.76. The van der Waals surface area contributed by atoms with Crippen molar-refractivity contribution in [3.63, 3.8) is 0 Å². The predicted octanol–water partition coefficient (Wildman–Crippen LogP) is 9.03. The first-order chi connectivity index (χ1) is 18.0. The van der Waals surface area contributed by atoms with Gasteiger partial charge in [-0.25, -0.2) is 13.2 Å². The van der Waals surface area contributed by atoms with Crippen LogP contribution < -0.4 is 4.74 Å². The van der Waals surface area contributed by atoms with Gasteiger partial charge in [0.15, 0.2) is 11.6 Å². The Bertz CT molecular complexity index is 1020. The molecule has 2 saturated carbocycles. The molecule has 0 N–H and O–H groups in total. The zero-order chi connectivity index (χ0) is 26.2. The van der Waals surface area contributed by atoms with E-state index < -0.39 is 11.6 Å². The van der Waals surface area contributed by atoms with Crippen LogP contribution in [0.3, 0.4) is 0 Å². The van der Waals surface area contributed by atoms with E-state index in [0.717, 1.165) is 69.8 Å². The summed E-state index contributed by atoms with van der Waals surface area (Å²) in [6.07, 6.45) is 11.4. The third-order valence-electron chi connectivity index (χ3n) is 8.38. The minimum Gasteiger partial charge on any atom is -0.493 e. The Hall–Kier alpha value is -2.27. The maximum absolute atomic E-state index is 15.0. The molecule has 2 fully saturated rings. The number of hydrogen-bond acceptors (Lipinski definition) is 2. The third kappa shape index (κ3) is 7.19. The van der Waals surface area contributed by atoms with Crippen molar-refractivity contribution in [1.29, 1.82) is 0 Å². The largest absolute Gasteiger partial charge is 0.493 e. The maximum Gasteiger partial charge on any atom is 0.162 e. The maximum atomic E-state index is 15.0. The van der Waals surface area contributed by atoms with E-state index in [1.807, 2.05) is 25.1 Å². The van der Waals surface area contributed by atoms with Crippen molar-refractivity contribution < 1.29 is 22.6 Å². The van der Waals surface area contributed by atoms with Gasteiger partial charge in [-0.2, -0.15) is 0 Å². The van der Waals surface area contributed by atoms with Gasteiger partial charge in [0.1, 0.15) is 11.6 Å². The molecule has 37 heavy (non-hydrogen) atoms. The SMILES string of the molecule is C=CCCOc1ccc(C2CCC(CCc3ccc(C4CCC(OCC)CC4)c(F)c3F)CC2)c(F)c1. The highest BCUT2D eigenvalue weighted by molar-refractivity contribution is 5.32. The first kappa shape index (κ1) is 27.8. The Balaban J connectivity index is 1.26. The van der Waals surface area contributed by atoms with Crippen molar-refractivity contribution in [2.24, 2.45) is 5.92 Å². The molecule has 2 aliphatic rings. The number of halogens is 3. The summed E-state index contributed by atoms with van der Waals surface area (Å²) >= 11 is 0. The Kier molecular flexibility index (Phi) is 10.1. The smallest absolute Gasteiger partial charge is 0.162 e. The fourth-order valence-corrected chi connectivity index (χ4v) is 6.20. The van der Waals surface area contributed by atoms with Gasteiger partial charge in [-0.3, -0.25) is 0 Å². The van der Waals surface area contributed by atoms with Gasteiger partial charge in [0.05, 0.1) is 12.7 Å². The highest BCUT2D eigenvalue weighted by Crippen LogP contribution is 2.40. The van der Waals surface area contributed by atoms with E-state index >= 15 is 0 Å². The normalized spacial score (nSPS) is 24.1. The van der Waals surface area contributed by atoms with Gasteiger partial charge in [0, 0.05) is 12.7 Å². The zero-order valence-electron chi connectivity index (χ0n) is 22.1. The number of hydrogen-bond donors (Lipinski definition) is 0. The van der Waals surface area contributed by atoms with Gasteiger partial charge >= 0.3 is 0 Å². The molecule has 4 rings (SSSR count). The highest BCUT2D eigenvalue weighted by atomic mass is 19.2. The molecule has 2 nitrogen and oxygen atoms in total.